The van der Waals surface area contributed by atoms with Gasteiger partial charge in [-0.15, -0.1) is 84.1 Å². The standard InChI is InChI=1S/2C9H7.2C7H6.2ClH.Zr/c2*1-2-5-9-7-3-6-8(9)4-1;2*1-7-5-3-2-4-6-7;;;/h2*1-7H;2*1-6H;2*1H;/q2*-1;;;;;. The molecule has 6 aromatic carbocycles. The van der Waals surface area contributed by atoms with Crippen molar-refractivity contribution in [3.8, 4) is 0 Å². The number of hydrogen-bond donors (Lipinski definition) is 0. The maximum absolute atomic E-state index is 2.40. The Morgan fingerprint density at radius 3 is 1.20 bits per heavy atom. The van der Waals surface area contributed by atoms with Gasteiger partial charge in [-0.3, -0.25) is 0 Å². The zero-order chi connectivity index (χ0) is 22.6. The molecule has 0 unspecified atom stereocenters. The summed E-state index contributed by atoms with van der Waals surface area (Å²) >= 11 is -0.508. The molecule has 0 aliphatic rings. The molecule has 0 aromatic heterocycles. The van der Waals surface area contributed by atoms with E-state index in [-0.39, 0.29) is 24.8 Å². The van der Waals surface area contributed by atoms with Gasteiger partial charge in [0.25, 0.3) is 0 Å². The molecule has 0 atom stereocenters. The summed E-state index contributed by atoms with van der Waals surface area (Å²) in [6.45, 7) is 0. The third-order valence-corrected chi connectivity index (χ3v) is 7.65. The van der Waals surface area contributed by atoms with E-state index in [9.17, 15) is 0 Å². The summed E-state index contributed by atoms with van der Waals surface area (Å²) in [5.41, 5.74) is 2.72. The molecule has 35 heavy (non-hydrogen) atoms. The van der Waals surface area contributed by atoms with Crippen LogP contribution in [0.1, 0.15) is 11.1 Å². The molecule has 0 fully saturated rings. The molecular weight excluding hydrogens is 546 g/mol. The second-order valence-corrected chi connectivity index (χ2v) is 9.82. The Morgan fingerprint density at radius 1 is 0.429 bits per heavy atom. The summed E-state index contributed by atoms with van der Waals surface area (Å²) in [7, 11) is 0. The quantitative estimate of drug-likeness (QED) is 0.182. The van der Waals surface area contributed by atoms with Crippen molar-refractivity contribution in [2.75, 3.05) is 0 Å². The number of fused-ring (bicyclic) bond motifs is 2. The molecule has 0 radical (unpaired) electrons. The molecule has 0 heterocycles. The van der Waals surface area contributed by atoms with Crippen molar-refractivity contribution >= 4 is 53.8 Å². The van der Waals surface area contributed by atoms with Gasteiger partial charge in [-0.05, 0) is 0 Å². The van der Waals surface area contributed by atoms with E-state index in [2.05, 4.69) is 153 Å². The monoisotopic (exact) mass is 572 g/mol. The number of hydrogen-bond acceptors (Lipinski definition) is 0. The van der Waals surface area contributed by atoms with Gasteiger partial charge in [-0.1, -0.05) is 12.1 Å². The number of rotatable bonds is 2. The van der Waals surface area contributed by atoms with Gasteiger partial charge in [-0.2, -0.15) is 35.0 Å². The third kappa shape index (κ3) is 9.46. The second-order valence-electron chi connectivity index (χ2n) is 7.59. The van der Waals surface area contributed by atoms with Crippen molar-refractivity contribution in [2.45, 2.75) is 0 Å². The van der Waals surface area contributed by atoms with Crippen molar-refractivity contribution in [2.24, 2.45) is 0 Å². The number of benzene rings is 4. The summed E-state index contributed by atoms with van der Waals surface area (Å²) in [6.07, 6.45) is 0. The van der Waals surface area contributed by atoms with E-state index >= 15 is 0 Å². The average Bonchev–Trinajstić information content (AvgIpc) is 3.56. The summed E-state index contributed by atoms with van der Waals surface area (Å²) in [5, 5.41) is 5.32. The maximum atomic E-state index is 2.40. The Bertz CT molecular complexity index is 1270. The molecule has 3 heteroatoms. The zero-order valence-corrected chi connectivity index (χ0v) is 23.4. The van der Waals surface area contributed by atoms with Crippen molar-refractivity contribution in [1.82, 2.24) is 0 Å². The third-order valence-electron chi connectivity index (χ3n) is 5.19. The van der Waals surface area contributed by atoms with E-state index in [1.165, 1.54) is 32.7 Å². The van der Waals surface area contributed by atoms with E-state index < -0.39 is 22.3 Å². The Morgan fingerprint density at radius 2 is 0.800 bits per heavy atom. The van der Waals surface area contributed by atoms with Crippen LogP contribution in [0.25, 0.3) is 21.5 Å². The van der Waals surface area contributed by atoms with Crippen LogP contribution in [0.3, 0.4) is 0 Å². The maximum Gasteiger partial charge on any atom is -0.0809 e. The number of halogens is 2. The SMILES string of the molecule is Cl.Cl.[CH](=[Zr]=[CH]c1ccccc1)c1ccccc1.c1ccc2[cH-]ccc2c1.c1ccc2[cH-]ccc2c1. The molecule has 0 aliphatic heterocycles. The first kappa shape index (κ1) is 28.5. The van der Waals surface area contributed by atoms with E-state index in [4.69, 9.17) is 0 Å². The van der Waals surface area contributed by atoms with Crippen LogP contribution >= 0.6 is 24.8 Å². The molecule has 0 amide bonds. The van der Waals surface area contributed by atoms with Crippen LogP contribution in [-0.4, -0.2) is 7.42 Å². The predicted octanol–water partition coefficient (Wildman–Crippen LogP) is 8.73. The minimum Gasteiger partial charge on any atom is -0.168 e. The summed E-state index contributed by atoms with van der Waals surface area (Å²) in [4.78, 5) is 0. The van der Waals surface area contributed by atoms with Gasteiger partial charge in [0.15, 0.2) is 0 Å². The molecular formula is C32H28Cl2Zr-2. The van der Waals surface area contributed by atoms with Crippen LogP contribution in [0.4, 0.5) is 0 Å². The Balaban J connectivity index is 0.000000188. The smallest absolute Gasteiger partial charge is 0.0809 e. The minimum absolute atomic E-state index is 0. The van der Waals surface area contributed by atoms with Crippen molar-refractivity contribution < 1.29 is 22.3 Å². The van der Waals surface area contributed by atoms with Crippen LogP contribution in [0.2, 0.25) is 0 Å². The van der Waals surface area contributed by atoms with Crippen LogP contribution in [-0.2, 0) is 22.3 Å². The molecule has 0 N–H and O–H groups in total. The van der Waals surface area contributed by atoms with Gasteiger partial charge in [0.1, 0.15) is 0 Å². The molecule has 0 bridgehead atoms. The molecule has 6 aromatic rings. The van der Waals surface area contributed by atoms with E-state index in [1.54, 1.807) is 0 Å². The molecule has 0 aliphatic carbocycles. The summed E-state index contributed by atoms with van der Waals surface area (Å²) < 4.78 is 4.80. The van der Waals surface area contributed by atoms with E-state index in [0.29, 0.717) is 0 Å². The zero-order valence-electron chi connectivity index (χ0n) is 19.3. The van der Waals surface area contributed by atoms with Crippen molar-refractivity contribution in [3.63, 3.8) is 0 Å². The van der Waals surface area contributed by atoms with Crippen molar-refractivity contribution in [3.05, 3.63) is 157 Å². The normalized spacial score (nSPS) is 9.14. The van der Waals surface area contributed by atoms with Gasteiger partial charge in [0.05, 0.1) is 0 Å². The van der Waals surface area contributed by atoms with Crippen LogP contribution < -0.4 is 0 Å². The molecule has 0 nitrogen and oxygen atoms in total. The van der Waals surface area contributed by atoms with Crippen LogP contribution in [0.5, 0.6) is 0 Å². The molecule has 176 valence electrons. The summed E-state index contributed by atoms with van der Waals surface area (Å²) in [6, 6.07) is 50.5. The predicted molar refractivity (Wildman–Crippen MR) is 157 cm³/mol. The van der Waals surface area contributed by atoms with Gasteiger partial charge in [-0.25, -0.2) is 0 Å². The Kier molecular flexibility index (Phi) is 13.1. The fourth-order valence-electron chi connectivity index (χ4n) is 3.47. The van der Waals surface area contributed by atoms with Gasteiger partial charge in [0, 0.05) is 0 Å². The molecule has 0 spiro atoms. The Labute approximate surface area is 231 Å². The Hall–Kier alpha value is -2.70. The molecule has 6 rings (SSSR count). The minimum atomic E-state index is -0.508. The largest absolute Gasteiger partial charge is 0.168 e. The first-order valence-electron chi connectivity index (χ1n) is 11.1. The first-order valence-corrected chi connectivity index (χ1v) is 14.0. The van der Waals surface area contributed by atoms with Crippen molar-refractivity contribution in [1.29, 1.82) is 0 Å². The van der Waals surface area contributed by atoms with Crippen LogP contribution in [0, 0.1) is 0 Å². The van der Waals surface area contributed by atoms with Gasteiger partial charge in [0.2, 0.25) is 0 Å². The topological polar surface area (TPSA) is 0 Å². The first-order chi connectivity index (χ1) is 16.4. The summed E-state index contributed by atoms with van der Waals surface area (Å²) in [5.74, 6) is 0. The van der Waals surface area contributed by atoms with E-state index in [0.717, 1.165) is 0 Å². The fourth-order valence-corrected chi connectivity index (χ4v) is 5.57. The fraction of sp³-hybridized carbons (Fsp3) is 0. The molecule has 0 saturated carbocycles. The van der Waals surface area contributed by atoms with Gasteiger partial charge < -0.3 is 0 Å². The van der Waals surface area contributed by atoms with Crippen LogP contribution in [0.15, 0.2) is 146 Å². The van der Waals surface area contributed by atoms with E-state index in [1.807, 2.05) is 0 Å². The second kappa shape index (κ2) is 16.1. The average molecular weight is 575 g/mol. The van der Waals surface area contributed by atoms with Gasteiger partial charge >= 0.3 is 101 Å². The molecule has 0 saturated heterocycles.